The van der Waals surface area contributed by atoms with Gasteiger partial charge in [-0.1, -0.05) is 27.2 Å². The molecule has 2 rings (SSSR count). The van der Waals surface area contributed by atoms with E-state index in [1.54, 1.807) is 7.05 Å². The van der Waals surface area contributed by atoms with E-state index in [1.807, 2.05) is 13.8 Å². The number of hydrogen-bond donors (Lipinski definition) is 1. The summed E-state index contributed by atoms with van der Waals surface area (Å²) >= 11 is 0. The van der Waals surface area contributed by atoms with Crippen molar-refractivity contribution in [2.24, 2.45) is 17.8 Å². The van der Waals surface area contributed by atoms with E-state index in [1.165, 1.54) is 6.42 Å². The number of hydroxylamine groups is 1. The van der Waals surface area contributed by atoms with Crippen LogP contribution >= 0.6 is 0 Å². The van der Waals surface area contributed by atoms with Crippen LogP contribution in [0.2, 0.25) is 0 Å². The molecule has 0 aromatic rings. The first-order valence-electron chi connectivity index (χ1n) is 8.81. The molecule has 4 heteroatoms. The molecule has 1 saturated heterocycles. The zero-order valence-electron chi connectivity index (χ0n) is 14.4. The van der Waals surface area contributed by atoms with Gasteiger partial charge in [-0.2, -0.15) is 0 Å². The zero-order valence-corrected chi connectivity index (χ0v) is 14.4. The van der Waals surface area contributed by atoms with Crippen molar-refractivity contribution in [2.75, 3.05) is 26.7 Å². The molecule has 1 amide bonds. The molecule has 124 valence electrons. The molecule has 21 heavy (non-hydrogen) atoms. The van der Waals surface area contributed by atoms with Gasteiger partial charge < -0.3 is 9.74 Å². The fraction of sp³-hybridized carbons (Fsp3) is 0.941. The molecule has 0 atom stereocenters. The van der Waals surface area contributed by atoms with Crippen LogP contribution in [0.5, 0.6) is 0 Å². The summed E-state index contributed by atoms with van der Waals surface area (Å²) in [7, 11) is 1.80. The van der Waals surface area contributed by atoms with Crippen molar-refractivity contribution in [3.8, 4) is 0 Å². The molecule has 1 heterocycles. The van der Waals surface area contributed by atoms with Crippen molar-refractivity contribution in [2.45, 2.75) is 59.3 Å². The normalized spacial score (nSPS) is 25.8. The Labute approximate surface area is 130 Å². The second-order valence-electron chi connectivity index (χ2n) is 6.05. The Balaban J connectivity index is 0.00000106. The van der Waals surface area contributed by atoms with E-state index >= 15 is 0 Å². The zero-order chi connectivity index (χ0) is 15.7. The molecular formula is C17H34N2O2. The lowest BCUT2D eigenvalue weighted by Gasteiger charge is -2.39. The third kappa shape index (κ3) is 5.59. The molecule has 0 spiro atoms. The first kappa shape index (κ1) is 18.4. The van der Waals surface area contributed by atoms with Crippen molar-refractivity contribution in [1.29, 1.82) is 0 Å². The van der Waals surface area contributed by atoms with Gasteiger partial charge in [-0.15, -0.1) is 0 Å². The Hall–Kier alpha value is -0.610. The highest BCUT2D eigenvalue weighted by Crippen LogP contribution is 2.37. The highest BCUT2D eigenvalue weighted by molar-refractivity contribution is 5.79. The van der Waals surface area contributed by atoms with Crippen molar-refractivity contribution < 1.29 is 9.63 Å². The lowest BCUT2D eigenvalue weighted by molar-refractivity contribution is -0.141. The summed E-state index contributed by atoms with van der Waals surface area (Å²) in [5.74, 6) is 2.30. The minimum atomic E-state index is 0.342. The molecule has 1 saturated carbocycles. The molecule has 2 aliphatic rings. The van der Waals surface area contributed by atoms with Crippen LogP contribution in [0.1, 0.15) is 59.3 Å². The lowest BCUT2D eigenvalue weighted by Crippen LogP contribution is -2.45. The van der Waals surface area contributed by atoms with Crippen LogP contribution in [0.3, 0.4) is 0 Å². The molecule has 0 aromatic heterocycles. The Morgan fingerprint density at radius 2 is 1.81 bits per heavy atom. The summed E-state index contributed by atoms with van der Waals surface area (Å²) in [4.78, 5) is 19.6. The predicted octanol–water partition coefficient (Wildman–Crippen LogP) is 3.23. The Kier molecular flexibility index (Phi) is 8.93. The maximum absolute atomic E-state index is 12.3. The highest BCUT2D eigenvalue weighted by Gasteiger charge is 2.36. The van der Waals surface area contributed by atoms with E-state index in [-0.39, 0.29) is 0 Å². The second kappa shape index (κ2) is 10.2. The molecule has 0 unspecified atom stereocenters. The average Bonchev–Trinajstić information content (AvgIpc) is 2.49. The van der Waals surface area contributed by atoms with Gasteiger partial charge in [0, 0.05) is 26.1 Å². The van der Waals surface area contributed by atoms with E-state index in [9.17, 15) is 4.79 Å². The monoisotopic (exact) mass is 298 g/mol. The van der Waals surface area contributed by atoms with Crippen LogP contribution in [0.25, 0.3) is 0 Å². The Bertz CT molecular complexity index is 283. The number of amides is 1. The van der Waals surface area contributed by atoms with Crippen LogP contribution in [-0.2, 0) is 9.63 Å². The Morgan fingerprint density at radius 1 is 1.19 bits per heavy atom. The number of carbonyl (C=O) groups excluding carboxylic acids is 1. The first-order chi connectivity index (χ1) is 10.2. The summed E-state index contributed by atoms with van der Waals surface area (Å²) in [5.41, 5.74) is 2.71. The molecular weight excluding hydrogens is 264 g/mol. The average molecular weight is 298 g/mol. The molecule has 0 radical (unpaired) electrons. The van der Waals surface area contributed by atoms with Crippen LogP contribution in [0, 0.1) is 17.8 Å². The van der Waals surface area contributed by atoms with E-state index in [0.717, 1.165) is 63.6 Å². The number of hydrogen-bond acceptors (Lipinski definition) is 3. The van der Waals surface area contributed by atoms with E-state index in [0.29, 0.717) is 11.8 Å². The fourth-order valence-electron chi connectivity index (χ4n) is 3.30. The smallest absolute Gasteiger partial charge is 0.225 e. The molecule has 1 N–H and O–H groups in total. The quantitative estimate of drug-likeness (QED) is 0.604. The Morgan fingerprint density at radius 3 is 2.33 bits per heavy atom. The van der Waals surface area contributed by atoms with Gasteiger partial charge in [-0.3, -0.25) is 4.79 Å². The predicted molar refractivity (Wildman–Crippen MR) is 86.8 cm³/mol. The summed E-state index contributed by atoms with van der Waals surface area (Å²) in [5, 5.41) is 0. The highest BCUT2D eigenvalue weighted by atomic mass is 16.6. The first-order valence-corrected chi connectivity index (χ1v) is 8.81. The van der Waals surface area contributed by atoms with Crippen LogP contribution in [0.4, 0.5) is 0 Å². The number of rotatable bonds is 6. The standard InChI is InChI=1S/C15H28N2O2.C2H6/c1-3-12-10-14(11-12)15(18)17-7-4-13(5-8-17)6-9-19-16-2;1-2/h12-14,16H,3-11H2,1-2H3;1-2H3. The molecule has 2 fully saturated rings. The van der Waals surface area contributed by atoms with Gasteiger partial charge in [0.1, 0.15) is 0 Å². The van der Waals surface area contributed by atoms with Gasteiger partial charge in [0.15, 0.2) is 0 Å². The van der Waals surface area contributed by atoms with Gasteiger partial charge >= 0.3 is 0 Å². The minimum absolute atomic E-state index is 0.342. The summed E-state index contributed by atoms with van der Waals surface area (Å²) in [6.07, 6.45) is 6.88. The van der Waals surface area contributed by atoms with Gasteiger partial charge in [0.25, 0.3) is 0 Å². The van der Waals surface area contributed by atoms with E-state index in [2.05, 4.69) is 17.3 Å². The molecule has 1 aliphatic heterocycles. The third-order valence-corrected chi connectivity index (χ3v) is 4.86. The largest absolute Gasteiger partial charge is 0.342 e. The number of likely N-dealkylation sites (tertiary alicyclic amines) is 1. The van der Waals surface area contributed by atoms with Crippen LogP contribution < -0.4 is 5.48 Å². The second-order valence-corrected chi connectivity index (χ2v) is 6.05. The molecule has 0 bridgehead atoms. The maximum atomic E-state index is 12.3. The van der Waals surface area contributed by atoms with E-state index < -0.39 is 0 Å². The number of carbonyl (C=O) groups is 1. The summed E-state index contributed by atoms with van der Waals surface area (Å²) < 4.78 is 0. The van der Waals surface area contributed by atoms with Crippen molar-refractivity contribution in [3.63, 3.8) is 0 Å². The van der Waals surface area contributed by atoms with Crippen molar-refractivity contribution in [3.05, 3.63) is 0 Å². The lowest BCUT2D eigenvalue weighted by atomic mass is 9.72. The third-order valence-electron chi connectivity index (χ3n) is 4.86. The summed E-state index contributed by atoms with van der Waals surface area (Å²) in [6, 6.07) is 0. The molecule has 4 nitrogen and oxygen atoms in total. The number of nitrogens with one attached hydrogen (secondary N) is 1. The molecule has 0 aromatic carbocycles. The van der Waals surface area contributed by atoms with Gasteiger partial charge in [-0.05, 0) is 43.9 Å². The SMILES string of the molecule is CC.CCC1CC(C(=O)N2CCC(CCONC)CC2)C1. The number of nitrogens with zero attached hydrogens (tertiary/aromatic N) is 1. The minimum Gasteiger partial charge on any atom is -0.342 e. The molecule has 1 aliphatic carbocycles. The van der Waals surface area contributed by atoms with Gasteiger partial charge in [-0.25, -0.2) is 5.48 Å². The van der Waals surface area contributed by atoms with Crippen molar-refractivity contribution >= 4 is 5.91 Å². The maximum Gasteiger partial charge on any atom is 0.225 e. The van der Waals surface area contributed by atoms with E-state index in [4.69, 9.17) is 4.84 Å². The van der Waals surface area contributed by atoms with Gasteiger partial charge in [0.2, 0.25) is 5.91 Å². The number of piperidine rings is 1. The summed E-state index contributed by atoms with van der Waals surface area (Å²) in [6.45, 7) is 8.91. The fourth-order valence-corrected chi connectivity index (χ4v) is 3.30. The van der Waals surface area contributed by atoms with Gasteiger partial charge in [0.05, 0.1) is 6.61 Å². The topological polar surface area (TPSA) is 41.6 Å². The van der Waals surface area contributed by atoms with Crippen LogP contribution in [0.15, 0.2) is 0 Å². The van der Waals surface area contributed by atoms with Crippen molar-refractivity contribution in [1.82, 2.24) is 10.4 Å². The van der Waals surface area contributed by atoms with Crippen LogP contribution in [-0.4, -0.2) is 37.6 Å².